The molecule has 0 radical (unpaired) electrons. The molecule has 1 aliphatic carbocycles. The van der Waals surface area contributed by atoms with E-state index in [-0.39, 0.29) is 17.4 Å². The first kappa shape index (κ1) is 17.3. The van der Waals surface area contributed by atoms with Crippen LogP contribution in [0.5, 0.6) is 5.75 Å². The van der Waals surface area contributed by atoms with Gasteiger partial charge in [-0.15, -0.1) is 0 Å². The molecule has 6 heteroatoms. The highest BCUT2D eigenvalue weighted by atomic mass is 35.5. The van der Waals surface area contributed by atoms with E-state index in [0.29, 0.717) is 40.0 Å². The Labute approximate surface area is 166 Å². The zero-order valence-corrected chi connectivity index (χ0v) is 16.1. The van der Waals surface area contributed by atoms with Gasteiger partial charge in [-0.3, -0.25) is 0 Å². The first-order valence-electron chi connectivity index (χ1n) is 9.42. The SMILES string of the molecule is Cc1cc2oc(=O)c3c(c2c(O)c1C1=NN[C@H](c2ccccc2Cl)C1)CCC3. The third-order valence-corrected chi connectivity index (χ3v) is 6.10. The number of fused-ring (bicyclic) bond motifs is 3. The number of nitrogens with zero attached hydrogens (tertiary/aromatic N) is 1. The van der Waals surface area contributed by atoms with E-state index in [1.165, 1.54) is 0 Å². The zero-order chi connectivity index (χ0) is 19.4. The van der Waals surface area contributed by atoms with E-state index in [9.17, 15) is 9.90 Å². The summed E-state index contributed by atoms with van der Waals surface area (Å²) in [7, 11) is 0. The lowest BCUT2D eigenvalue weighted by atomic mass is 9.93. The second-order valence-electron chi connectivity index (χ2n) is 7.46. The monoisotopic (exact) mass is 394 g/mol. The number of phenolic OH excluding ortho intramolecular Hbond substituents is 1. The van der Waals surface area contributed by atoms with Crippen LogP contribution in [-0.2, 0) is 12.8 Å². The van der Waals surface area contributed by atoms with Crippen LogP contribution in [0, 0.1) is 6.92 Å². The predicted molar refractivity (Wildman–Crippen MR) is 109 cm³/mol. The van der Waals surface area contributed by atoms with Gasteiger partial charge in [0.1, 0.15) is 11.3 Å². The summed E-state index contributed by atoms with van der Waals surface area (Å²) < 4.78 is 5.50. The van der Waals surface area contributed by atoms with Crippen LogP contribution in [0.3, 0.4) is 0 Å². The third kappa shape index (κ3) is 2.53. The summed E-state index contributed by atoms with van der Waals surface area (Å²) in [5, 5.41) is 17.0. The van der Waals surface area contributed by atoms with Crippen LogP contribution < -0.4 is 11.1 Å². The second kappa shape index (κ2) is 6.38. The molecule has 142 valence electrons. The van der Waals surface area contributed by atoms with Crippen LogP contribution in [0.25, 0.3) is 11.0 Å². The number of hydrogen-bond donors (Lipinski definition) is 2. The fraction of sp³-hybridized carbons (Fsp3) is 0.273. The van der Waals surface area contributed by atoms with E-state index in [0.717, 1.165) is 35.2 Å². The van der Waals surface area contributed by atoms with Gasteiger partial charge in [0.2, 0.25) is 0 Å². The quantitative estimate of drug-likeness (QED) is 0.632. The summed E-state index contributed by atoms with van der Waals surface area (Å²) in [6.45, 7) is 1.90. The molecule has 3 aromatic rings. The number of halogens is 1. The molecule has 5 rings (SSSR count). The number of aryl methyl sites for hydroxylation is 2. The van der Waals surface area contributed by atoms with Gasteiger partial charge >= 0.3 is 5.63 Å². The molecule has 2 aliphatic rings. The summed E-state index contributed by atoms with van der Waals surface area (Å²) in [5.41, 5.74) is 8.20. The molecule has 0 fully saturated rings. The maximum Gasteiger partial charge on any atom is 0.339 e. The lowest BCUT2D eigenvalue weighted by molar-refractivity contribution is 0.476. The van der Waals surface area contributed by atoms with Crippen LogP contribution >= 0.6 is 11.6 Å². The van der Waals surface area contributed by atoms with E-state index in [1.807, 2.05) is 37.3 Å². The molecule has 1 aliphatic heterocycles. The number of rotatable bonds is 2. The maximum absolute atomic E-state index is 12.2. The van der Waals surface area contributed by atoms with Crippen molar-refractivity contribution < 1.29 is 9.52 Å². The van der Waals surface area contributed by atoms with Crippen molar-refractivity contribution in [3.8, 4) is 5.75 Å². The molecule has 0 saturated carbocycles. The molecule has 0 amide bonds. The Morgan fingerprint density at radius 2 is 2.04 bits per heavy atom. The highest BCUT2D eigenvalue weighted by Gasteiger charge is 2.29. The largest absolute Gasteiger partial charge is 0.506 e. The van der Waals surface area contributed by atoms with Crippen molar-refractivity contribution in [1.29, 1.82) is 0 Å². The fourth-order valence-corrected chi connectivity index (χ4v) is 4.72. The number of hydrazone groups is 1. The molecule has 5 nitrogen and oxygen atoms in total. The lowest BCUT2D eigenvalue weighted by Crippen LogP contribution is -2.11. The van der Waals surface area contributed by atoms with Gasteiger partial charge in [-0.05, 0) is 55.0 Å². The summed E-state index contributed by atoms with van der Waals surface area (Å²) in [5.74, 6) is 0.150. The fourth-order valence-electron chi connectivity index (χ4n) is 4.45. The topological polar surface area (TPSA) is 74.8 Å². The minimum atomic E-state index is -0.287. The van der Waals surface area contributed by atoms with Gasteiger partial charge in [-0.1, -0.05) is 29.8 Å². The van der Waals surface area contributed by atoms with Gasteiger partial charge in [0.05, 0.1) is 17.1 Å². The van der Waals surface area contributed by atoms with Gasteiger partial charge in [-0.25, -0.2) is 4.79 Å². The standard InChI is InChI=1S/C22H19ClN2O3/c1-11-9-18-20(12-6-4-7-13(12)22(27)28-18)21(26)19(11)17-10-16(24-25-17)14-5-2-3-8-15(14)23/h2-3,5,8-9,16,24,26H,4,6-7,10H2,1H3/t16-/m0/s1. The molecule has 2 N–H and O–H groups in total. The molecule has 0 unspecified atom stereocenters. The van der Waals surface area contributed by atoms with Gasteiger partial charge in [0, 0.05) is 22.6 Å². The summed E-state index contributed by atoms with van der Waals surface area (Å²) in [6, 6.07) is 9.47. The average molecular weight is 395 g/mol. The Bertz CT molecular complexity index is 1210. The average Bonchev–Trinajstić information content (AvgIpc) is 3.32. The van der Waals surface area contributed by atoms with Crippen molar-refractivity contribution in [2.75, 3.05) is 0 Å². The van der Waals surface area contributed by atoms with Crippen LogP contribution in [0.2, 0.25) is 5.02 Å². The molecule has 1 atom stereocenters. The van der Waals surface area contributed by atoms with Crippen LogP contribution in [0.15, 0.2) is 44.6 Å². The summed E-state index contributed by atoms with van der Waals surface area (Å²) in [6.07, 6.45) is 3.00. The number of nitrogens with one attached hydrogen (secondary N) is 1. The van der Waals surface area contributed by atoms with E-state index in [1.54, 1.807) is 0 Å². The van der Waals surface area contributed by atoms with Crippen molar-refractivity contribution >= 4 is 28.3 Å². The Morgan fingerprint density at radius 3 is 2.86 bits per heavy atom. The van der Waals surface area contributed by atoms with Crippen molar-refractivity contribution in [2.24, 2.45) is 5.10 Å². The van der Waals surface area contributed by atoms with Gasteiger partial charge in [-0.2, -0.15) is 5.10 Å². The van der Waals surface area contributed by atoms with Crippen molar-refractivity contribution in [3.05, 3.63) is 73.6 Å². The third-order valence-electron chi connectivity index (χ3n) is 5.75. The second-order valence-corrected chi connectivity index (χ2v) is 7.86. The maximum atomic E-state index is 12.2. The molecular weight excluding hydrogens is 376 g/mol. The number of phenols is 1. The predicted octanol–water partition coefficient (Wildman–Crippen LogP) is 4.39. The first-order valence-corrected chi connectivity index (χ1v) is 9.80. The van der Waals surface area contributed by atoms with Gasteiger partial charge in [0.25, 0.3) is 0 Å². The molecule has 1 aromatic heterocycles. The molecule has 0 saturated heterocycles. The van der Waals surface area contributed by atoms with Crippen LogP contribution in [0.1, 0.15) is 46.7 Å². The van der Waals surface area contributed by atoms with Gasteiger partial charge < -0.3 is 14.9 Å². The lowest BCUT2D eigenvalue weighted by Gasteiger charge is -2.14. The Kier molecular flexibility index (Phi) is 3.95. The Hall–Kier alpha value is -2.79. The summed E-state index contributed by atoms with van der Waals surface area (Å²) >= 11 is 6.34. The van der Waals surface area contributed by atoms with E-state index >= 15 is 0 Å². The zero-order valence-electron chi connectivity index (χ0n) is 15.4. The van der Waals surface area contributed by atoms with Crippen molar-refractivity contribution in [2.45, 2.75) is 38.6 Å². The van der Waals surface area contributed by atoms with Crippen molar-refractivity contribution in [1.82, 2.24) is 5.43 Å². The van der Waals surface area contributed by atoms with Crippen LogP contribution in [0.4, 0.5) is 0 Å². The first-order chi connectivity index (χ1) is 13.5. The molecule has 2 aromatic carbocycles. The normalized spacial score (nSPS) is 18.2. The molecule has 0 bridgehead atoms. The Morgan fingerprint density at radius 1 is 1.25 bits per heavy atom. The van der Waals surface area contributed by atoms with E-state index < -0.39 is 0 Å². The van der Waals surface area contributed by atoms with Crippen LogP contribution in [-0.4, -0.2) is 10.8 Å². The number of hydrogen-bond acceptors (Lipinski definition) is 5. The minimum Gasteiger partial charge on any atom is -0.506 e. The minimum absolute atomic E-state index is 0.0439. The van der Waals surface area contributed by atoms with E-state index in [4.69, 9.17) is 16.0 Å². The number of benzene rings is 2. The Balaban J connectivity index is 1.62. The molecular formula is C22H19ClN2O3. The molecule has 28 heavy (non-hydrogen) atoms. The smallest absolute Gasteiger partial charge is 0.339 e. The molecule has 0 spiro atoms. The highest BCUT2D eigenvalue weighted by molar-refractivity contribution is 6.31. The summed E-state index contributed by atoms with van der Waals surface area (Å²) in [4.78, 5) is 12.2. The van der Waals surface area contributed by atoms with E-state index in [2.05, 4.69) is 10.5 Å². The van der Waals surface area contributed by atoms with Crippen molar-refractivity contribution in [3.63, 3.8) is 0 Å². The number of aromatic hydroxyl groups is 1. The molecule has 2 heterocycles. The highest BCUT2D eigenvalue weighted by Crippen LogP contribution is 2.40. The van der Waals surface area contributed by atoms with Gasteiger partial charge in [0.15, 0.2) is 0 Å².